The minimum atomic E-state index is -1.17. The Morgan fingerprint density at radius 1 is 1.56 bits per heavy atom. The van der Waals surface area contributed by atoms with E-state index in [1.807, 2.05) is 0 Å². The second-order valence-electron chi connectivity index (χ2n) is 3.75. The molecule has 7 nitrogen and oxygen atoms in total. The molecule has 0 saturated carbocycles. The highest BCUT2D eigenvalue weighted by atomic mass is 16.6. The van der Waals surface area contributed by atoms with Gasteiger partial charge < -0.3 is 14.8 Å². The Labute approximate surface area is 103 Å². The molecule has 1 aromatic heterocycles. The van der Waals surface area contributed by atoms with Crippen molar-refractivity contribution in [1.29, 1.82) is 0 Å². The van der Waals surface area contributed by atoms with Crippen LogP contribution in [0.1, 0.15) is 6.42 Å². The summed E-state index contributed by atoms with van der Waals surface area (Å²) in [5.41, 5.74) is 0.461. The number of anilines is 1. The molecule has 0 aromatic carbocycles. The first kappa shape index (κ1) is 12.0. The highest BCUT2D eigenvalue weighted by Crippen LogP contribution is 2.17. The number of carboxylic acids is 1. The molecule has 2 rings (SSSR count). The van der Waals surface area contributed by atoms with Crippen LogP contribution in [0.3, 0.4) is 0 Å². The molecule has 1 aliphatic heterocycles. The van der Waals surface area contributed by atoms with E-state index in [0.717, 1.165) is 0 Å². The molecule has 0 fully saturated rings. The van der Waals surface area contributed by atoms with Crippen molar-refractivity contribution in [2.24, 2.45) is 5.16 Å². The highest BCUT2D eigenvalue weighted by molar-refractivity contribution is 6.36. The molecule has 1 atom stereocenters. The number of hydrogen-bond donors (Lipinski definition) is 1. The van der Waals surface area contributed by atoms with E-state index in [0.29, 0.717) is 5.69 Å². The average Bonchev–Trinajstić information content (AvgIpc) is 2.88. The van der Waals surface area contributed by atoms with Crippen molar-refractivity contribution in [2.45, 2.75) is 12.5 Å². The van der Waals surface area contributed by atoms with Crippen LogP contribution in [0.4, 0.5) is 5.69 Å². The first-order chi connectivity index (χ1) is 8.59. The van der Waals surface area contributed by atoms with Gasteiger partial charge in [0.25, 0.3) is 5.91 Å². The van der Waals surface area contributed by atoms with Crippen LogP contribution in [0.5, 0.6) is 0 Å². The molecule has 1 N–H and O–H groups in total. The molecular weight excluding hydrogens is 238 g/mol. The van der Waals surface area contributed by atoms with Crippen LogP contribution in [0, 0.1) is 0 Å². The predicted molar refractivity (Wildman–Crippen MR) is 62.2 cm³/mol. The molecule has 1 unspecified atom stereocenters. The van der Waals surface area contributed by atoms with E-state index >= 15 is 0 Å². The van der Waals surface area contributed by atoms with Gasteiger partial charge in [-0.15, -0.1) is 0 Å². The Balaban J connectivity index is 2.04. The van der Waals surface area contributed by atoms with Crippen molar-refractivity contribution in [3.05, 3.63) is 24.5 Å². The van der Waals surface area contributed by atoms with Gasteiger partial charge in [-0.2, -0.15) is 0 Å². The predicted octanol–water partition coefficient (Wildman–Crippen LogP) is 0.274. The molecular formula is C11H11N3O4. The van der Waals surface area contributed by atoms with E-state index in [1.165, 1.54) is 11.1 Å². The number of amides is 1. The molecule has 1 aromatic rings. The highest BCUT2D eigenvalue weighted by Gasteiger charge is 2.33. The van der Waals surface area contributed by atoms with Gasteiger partial charge in [0.1, 0.15) is 0 Å². The fraction of sp³-hybridized carbons (Fsp3) is 0.273. The van der Waals surface area contributed by atoms with Crippen LogP contribution in [-0.2, 0) is 14.4 Å². The van der Waals surface area contributed by atoms with Gasteiger partial charge in [-0.1, -0.05) is 5.16 Å². The lowest BCUT2D eigenvalue weighted by atomic mass is 10.1. The standard InChI is InChI=1S/C11H11N3O4/c1-14(7-3-2-4-12-6-7)10(15)9-5-8(11(16)17)13-18-9/h2-4,6,9H,5H2,1H3,(H,16,17). The van der Waals surface area contributed by atoms with Crippen LogP contribution < -0.4 is 4.90 Å². The second-order valence-corrected chi connectivity index (χ2v) is 3.75. The van der Waals surface area contributed by atoms with Crippen molar-refractivity contribution in [3.63, 3.8) is 0 Å². The summed E-state index contributed by atoms with van der Waals surface area (Å²) in [6.45, 7) is 0. The third-order valence-corrected chi connectivity index (χ3v) is 2.55. The maximum Gasteiger partial charge on any atom is 0.353 e. The van der Waals surface area contributed by atoms with Gasteiger partial charge in [-0.05, 0) is 12.1 Å². The molecule has 7 heteroatoms. The third-order valence-electron chi connectivity index (χ3n) is 2.55. The first-order valence-corrected chi connectivity index (χ1v) is 5.23. The van der Waals surface area contributed by atoms with Gasteiger partial charge in [0.15, 0.2) is 5.71 Å². The Hall–Kier alpha value is -2.44. The monoisotopic (exact) mass is 249 g/mol. The zero-order valence-corrected chi connectivity index (χ0v) is 9.61. The molecule has 2 heterocycles. The lowest BCUT2D eigenvalue weighted by molar-refractivity contribution is -0.129. The van der Waals surface area contributed by atoms with Crippen molar-refractivity contribution in [2.75, 3.05) is 11.9 Å². The molecule has 94 valence electrons. The van der Waals surface area contributed by atoms with Gasteiger partial charge in [-0.3, -0.25) is 9.78 Å². The molecule has 0 saturated heterocycles. The molecule has 0 bridgehead atoms. The van der Waals surface area contributed by atoms with Gasteiger partial charge in [0.05, 0.1) is 11.9 Å². The quantitative estimate of drug-likeness (QED) is 0.830. The van der Waals surface area contributed by atoms with E-state index in [9.17, 15) is 9.59 Å². The number of oxime groups is 1. The number of carbonyl (C=O) groups excluding carboxylic acids is 1. The normalized spacial score (nSPS) is 17.8. The number of carboxylic acid groups (broad SMARTS) is 1. The second kappa shape index (κ2) is 4.82. The van der Waals surface area contributed by atoms with Crippen LogP contribution >= 0.6 is 0 Å². The van der Waals surface area contributed by atoms with Crippen molar-refractivity contribution in [3.8, 4) is 0 Å². The van der Waals surface area contributed by atoms with Crippen molar-refractivity contribution < 1.29 is 19.5 Å². The van der Waals surface area contributed by atoms with Gasteiger partial charge in [-0.25, -0.2) is 4.79 Å². The van der Waals surface area contributed by atoms with Crippen molar-refractivity contribution in [1.82, 2.24) is 4.98 Å². The first-order valence-electron chi connectivity index (χ1n) is 5.23. The minimum Gasteiger partial charge on any atom is -0.477 e. The molecule has 0 radical (unpaired) electrons. The smallest absolute Gasteiger partial charge is 0.353 e. The van der Waals surface area contributed by atoms with Gasteiger partial charge in [0.2, 0.25) is 6.10 Å². The van der Waals surface area contributed by atoms with E-state index in [1.54, 1.807) is 25.4 Å². The molecule has 1 amide bonds. The van der Waals surface area contributed by atoms with Gasteiger partial charge in [0, 0.05) is 19.7 Å². The van der Waals surface area contributed by atoms with E-state index in [2.05, 4.69) is 10.1 Å². The fourth-order valence-corrected chi connectivity index (χ4v) is 1.53. The summed E-state index contributed by atoms with van der Waals surface area (Å²) >= 11 is 0. The Kier molecular flexibility index (Phi) is 3.22. The zero-order chi connectivity index (χ0) is 13.1. The van der Waals surface area contributed by atoms with Crippen LogP contribution in [-0.4, -0.2) is 40.8 Å². The topological polar surface area (TPSA) is 92.1 Å². The number of nitrogens with zero attached hydrogens (tertiary/aromatic N) is 3. The molecule has 0 spiro atoms. The van der Waals surface area contributed by atoms with Crippen LogP contribution in [0.25, 0.3) is 0 Å². The summed E-state index contributed by atoms with van der Waals surface area (Å²) < 4.78 is 0. The van der Waals surface area contributed by atoms with Gasteiger partial charge >= 0.3 is 5.97 Å². The third kappa shape index (κ3) is 2.29. The fourth-order valence-electron chi connectivity index (χ4n) is 1.53. The Morgan fingerprint density at radius 2 is 2.33 bits per heavy atom. The molecule has 18 heavy (non-hydrogen) atoms. The molecule has 1 aliphatic rings. The number of carbonyl (C=O) groups is 2. The summed E-state index contributed by atoms with van der Waals surface area (Å²) in [5, 5.41) is 12.1. The summed E-state index contributed by atoms with van der Waals surface area (Å²) in [4.78, 5) is 32.8. The summed E-state index contributed by atoms with van der Waals surface area (Å²) in [6, 6.07) is 3.42. The lowest BCUT2D eigenvalue weighted by Gasteiger charge is -2.19. The maximum absolute atomic E-state index is 12.0. The Bertz CT molecular complexity index is 500. The number of aromatic nitrogens is 1. The number of hydrogen-bond acceptors (Lipinski definition) is 5. The number of aliphatic carboxylic acids is 1. The largest absolute Gasteiger partial charge is 0.477 e. The van der Waals surface area contributed by atoms with Crippen LogP contribution in [0.2, 0.25) is 0 Å². The summed E-state index contributed by atoms with van der Waals surface area (Å²) in [6.07, 6.45) is 2.21. The summed E-state index contributed by atoms with van der Waals surface area (Å²) in [5.74, 6) is -1.53. The number of pyridine rings is 1. The molecule has 0 aliphatic carbocycles. The van der Waals surface area contributed by atoms with E-state index < -0.39 is 12.1 Å². The Morgan fingerprint density at radius 3 is 2.89 bits per heavy atom. The lowest BCUT2D eigenvalue weighted by Crippen LogP contribution is -2.37. The minimum absolute atomic E-state index is 0.0290. The number of rotatable bonds is 3. The SMILES string of the molecule is CN(C(=O)C1CC(C(=O)O)=NO1)c1cccnc1. The van der Waals surface area contributed by atoms with E-state index in [-0.39, 0.29) is 18.0 Å². The van der Waals surface area contributed by atoms with E-state index in [4.69, 9.17) is 9.94 Å². The maximum atomic E-state index is 12.0. The average molecular weight is 249 g/mol. The zero-order valence-electron chi connectivity index (χ0n) is 9.61. The number of likely N-dealkylation sites (N-methyl/N-ethyl adjacent to an activating group) is 1. The summed E-state index contributed by atoms with van der Waals surface area (Å²) in [7, 11) is 1.57. The van der Waals surface area contributed by atoms with Crippen LogP contribution in [0.15, 0.2) is 29.7 Å². The van der Waals surface area contributed by atoms with Crippen molar-refractivity contribution >= 4 is 23.3 Å².